The highest BCUT2D eigenvalue weighted by Gasteiger charge is 2.08. The highest BCUT2D eigenvalue weighted by Crippen LogP contribution is 2.29. The van der Waals surface area contributed by atoms with Crippen LogP contribution in [0.4, 0.5) is 10.1 Å². The lowest BCUT2D eigenvalue weighted by molar-refractivity contribution is 0.355. The summed E-state index contributed by atoms with van der Waals surface area (Å²) in [6.07, 6.45) is 0. The predicted molar refractivity (Wildman–Crippen MR) is 94.5 cm³/mol. The molecular formula is C18H19FN4O2. The highest BCUT2D eigenvalue weighted by molar-refractivity contribution is 5.93. The second kappa shape index (κ2) is 8.55. The standard InChI is InChI=1S/C18H19FN4O2/c1-21-18(22-11-13-5-4-12(10-20)8-15(13)19)23-14-6-7-16(24-2)17(9-14)25-3/h4-9H,11H2,1-3H3,(H2,21,22,23). The van der Waals surface area contributed by atoms with Crippen molar-refractivity contribution in [2.75, 3.05) is 26.6 Å². The van der Waals surface area contributed by atoms with Gasteiger partial charge in [-0.15, -0.1) is 0 Å². The normalized spacial score (nSPS) is 10.8. The Morgan fingerprint density at radius 2 is 1.92 bits per heavy atom. The fourth-order valence-electron chi connectivity index (χ4n) is 2.17. The first kappa shape index (κ1) is 18.1. The number of nitriles is 1. The number of aliphatic imine (C=N–C) groups is 1. The Kier molecular flexibility index (Phi) is 6.18. The van der Waals surface area contributed by atoms with Gasteiger partial charge in [0.15, 0.2) is 17.5 Å². The van der Waals surface area contributed by atoms with Crippen molar-refractivity contribution in [2.45, 2.75) is 6.54 Å². The van der Waals surface area contributed by atoms with Crippen molar-refractivity contribution in [3.8, 4) is 17.6 Å². The first-order chi connectivity index (χ1) is 12.1. The minimum atomic E-state index is -0.437. The van der Waals surface area contributed by atoms with Gasteiger partial charge in [0.2, 0.25) is 0 Å². The molecule has 0 spiro atoms. The van der Waals surface area contributed by atoms with E-state index in [2.05, 4.69) is 15.6 Å². The average Bonchev–Trinajstić information content (AvgIpc) is 2.65. The molecule has 2 aromatic carbocycles. The fourth-order valence-corrected chi connectivity index (χ4v) is 2.17. The van der Waals surface area contributed by atoms with Gasteiger partial charge in [0.25, 0.3) is 0 Å². The SMILES string of the molecule is CN=C(NCc1ccc(C#N)cc1F)Nc1ccc(OC)c(OC)c1. The summed E-state index contributed by atoms with van der Waals surface area (Å²) < 4.78 is 24.4. The van der Waals surface area contributed by atoms with Crippen molar-refractivity contribution < 1.29 is 13.9 Å². The number of hydrogen-bond donors (Lipinski definition) is 2. The Hall–Kier alpha value is -3.27. The Balaban J connectivity index is 2.05. The van der Waals surface area contributed by atoms with Crippen LogP contribution in [0, 0.1) is 17.1 Å². The minimum absolute atomic E-state index is 0.227. The summed E-state index contributed by atoms with van der Waals surface area (Å²) >= 11 is 0. The van der Waals surface area contributed by atoms with E-state index >= 15 is 0 Å². The number of halogens is 1. The van der Waals surface area contributed by atoms with Crippen molar-refractivity contribution in [3.05, 3.63) is 53.3 Å². The molecule has 0 aromatic heterocycles. The molecule has 2 N–H and O–H groups in total. The molecule has 2 rings (SSSR count). The van der Waals surface area contributed by atoms with Crippen LogP contribution in [0.25, 0.3) is 0 Å². The topological polar surface area (TPSA) is 78.7 Å². The third kappa shape index (κ3) is 4.61. The van der Waals surface area contributed by atoms with E-state index in [9.17, 15) is 4.39 Å². The molecule has 130 valence electrons. The zero-order chi connectivity index (χ0) is 18.2. The van der Waals surface area contributed by atoms with E-state index in [4.69, 9.17) is 14.7 Å². The van der Waals surface area contributed by atoms with E-state index in [1.54, 1.807) is 45.5 Å². The maximum absolute atomic E-state index is 13.9. The van der Waals surface area contributed by atoms with Gasteiger partial charge in [-0.1, -0.05) is 6.07 Å². The van der Waals surface area contributed by atoms with Crippen LogP contribution in [0.15, 0.2) is 41.4 Å². The molecule has 0 saturated carbocycles. The first-order valence-corrected chi connectivity index (χ1v) is 7.49. The number of hydrogen-bond acceptors (Lipinski definition) is 4. The zero-order valence-electron chi connectivity index (χ0n) is 14.3. The van der Waals surface area contributed by atoms with E-state index in [1.807, 2.05) is 12.1 Å². The van der Waals surface area contributed by atoms with Gasteiger partial charge < -0.3 is 20.1 Å². The summed E-state index contributed by atoms with van der Waals surface area (Å²) in [5.74, 6) is 1.24. The summed E-state index contributed by atoms with van der Waals surface area (Å²) in [5, 5.41) is 14.9. The average molecular weight is 342 g/mol. The minimum Gasteiger partial charge on any atom is -0.493 e. The van der Waals surface area contributed by atoms with Crippen LogP contribution in [0.2, 0.25) is 0 Å². The van der Waals surface area contributed by atoms with E-state index in [0.29, 0.717) is 23.0 Å². The summed E-state index contributed by atoms with van der Waals surface area (Å²) in [6.45, 7) is 0.227. The van der Waals surface area contributed by atoms with Crippen LogP contribution in [-0.4, -0.2) is 27.2 Å². The zero-order valence-corrected chi connectivity index (χ0v) is 14.3. The summed E-state index contributed by atoms with van der Waals surface area (Å²) in [4.78, 5) is 4.11. The van der Waals surface area contributed by atoms with Crippen LogP contribution in [-0.2, 0) is 6.54 Å². The van der Waals surface area contributed by atoms with E-state index in [0.717, 1.165) is 5.69 Å². The van der Waals surface area contributed by atoms with Gasteiger partial charge in [0, 0.05) is 30.9 Å². The van der Waals surface area contributed by atoms with E-state index in [-0.39, 0.29) is 12.1 Å². The van der Waals surface area contributed by atoms with Crippen molar-refractivity contribution >= 4 is 11.6 Å². The molecule has 0 bridgehead atoms. The molecule has 0 amide bonds. The number of ether oxygens (including phenoxy) is 2. The van der Waals surface area contributed by atoms with Gasteiger partial charge in [0.05, 0.1) is 25.9 Å². The molecule has 2 aromatic rings. The molecule has 25 heavy (non-hydrogen) atoms. The van der Waals surface area contributed by atoms with Gasteiger partial charge in [-0.05, 0) is 24.3 Å². The van der Waals surface area contributed by atoms with Gasteiger partial charge in [-0.3, -0.25) is 4.99 Å². The Labute approximate surface area is 145 Å². The largest absolute Gasteiger partial charge is 0.493 e. The van der Waals surface area contributed by atoms with Crippen molar-refractivity contribution in [2.24, 2.45) is 4.99 Å². The fraction of sp³-hybridized carbons (Fsp3) is 0.222. The molecule has 6 nitrogen and oxygen atoms in total. The lowest BCUT2D eigenvalue weighted by Crippen LogP contribution is -2.30. The molecule has 0 unspecified atom stereocenters. The monoisotopic (exact) mass is 342 g/mol. The van der Waals surface area contributed by atoms with Crippen molar-refractivity contribution in [1.82, 2.24) is 5.32 Å². The lowest BCUT2D eigenvalue weighted by Gasteiger charge is -2.14. The van der Waals surface area contributed by atoms with Crippen LogP contribution in [0.5, 0.6) is 11.5 Å². The number of benzene rings is 2. The van der Waals surface area contributed by atoms with Crippen LogP contribution in [0.1, 0.15) is 11.1 Å². The molecule has 7 heteroatoms. The van der Waals surface area contributed by atoms with Crippen LogP contribution >= 0.6 is 0 Å². The van der Waals surface area contributed by atoms with E-state index in [1.165, 1.54) is 6.07 Å². The first-order valence-electron chi connectivity index (χ1n) is 7.49. The molecule has 0 radical (unpaired) electrons. The number of anilines is 1. The smallest absolute Gasteiger partial charge is 0.195 e. The second-order valence-corrected chi connectivity index (χ2v) is 5.04. The van der Waals surface area contributed by atoms with Crippen molar-refractivity contribution in [3.63, 3.8) is 0 Å². The van der Waals surface area contributed by atoms with Gasteiger partial charge in [-0.25, -0.2) is 4.39 Å². The predicted octanol–water partition coefficient (Wildman–Crippen LogP) is 2.90. The maximum atomic E-state index is 13.9. The Morgan fingerprint density at radius 3 is 2.52 bits per heavy atom. The second-order valence-electron chi connectivity index (χ2n) is 5.04. The number of methoxy groups -OCH3 is 2. The third-order valence-electron chi connectivity index (χ3n) is 3.50. The summed E-state index contributed by atoms with van der Waals surface area (Å²) in [6, 6.07) is 11.6. The van der Waals surface area contributed by atoms with Gasteiger partial charge >= 0.3 is 0 Å². The van der Waals surface area contributed by atoms with Gasteiger partial charge in [-0.2, -0.15) is 5.26 Å². The van der Waals surface area contributed by atoms with E-state index < -0.39 is 5.82 Å². The Bertz CT molecular complexity index is 815. The Morgan fingerprint density at radius 1 is 1.16 bits per heavy atom. The summed E-state index contributed by atoms with van der Waals surface area (Å²) in [7, 11) is 4.74. The number of guanidine groups is 1. The van der Waals surface area contributed by atoms with Crippen molar-refractivity contribution in [1.29, 1.82) is 5.26 Å². The maximum Gasteiger partial charge on any atom is 0.195 e. The number of nitrogens with one attached hydrogen (secondary N) is 2. The third-order valence-corrected chi connectivity index (χ3v) is 3.50. The molecular weight excluding hydrogens is 323 g/mol. The number of nitrogens with zero attached hydrogens (tertiary/aromatic N) is 2. The van der Waals surface area contributed by atoms with Crippen LogP contribution < -0.4 is 20.1 Å². The molecule has 0 aliphatic heterocycles. The molecule has 0 aliphatic rings. The molecule has 0 heterocycles. The summed E-state index contributed by atoms with van der Waals surface area (Å²) in [5.41, 5.74) is 1.47. The molecule has 0 saturated heterocycles. The molecule has 0 fully saturated rings. The molecule has 0 atom stereocenters. The van der Waals surface area contributed by atoms with Gasteiger partial charge in [0.1, 0.15) is 5.82 Å². The lowest BCUT2D eigenvalue weighted by atomic mass is 10.1. The quantitative estimate of drug-likeness (QED) is 0.645. The highest BCUT2D eigenvalue weighted by atomic mass is 19.1. The molecule has 0 aliphatic carbocycles. The van der Waals surface area contributed by atoms with Crippen LogP contribution in [0.3, 0.4) is 0 Å². The number of rotatable bonds is 5.